The van der Waals surface area contributed by atoms with Gasteiger partial charge in [-0.25, -0.2) is 4.39 Å². The van der Waals surface area contributed by atoms with Gasteiger partial charge in [-0.3, -0.25) is 14.4 Å². The van der Waals surface area contributed by atoms with E-state index in [0.717, 1.165) is 20.8 Å². The Hall–Kier alpha value is -3.70. The summed E-state index contributed by atoms with van der Waals surface area (Å²) in [6.07, 6.45) is 0. The van der Waals surface area contributed by atoms with E-state index < -0.39 is 35.0 Å². The lowest BCUT2D eigenvalue weighted by molar-refractivity contribution is -0.133. The van der Waals surface area contributed by atoms with Crippen LogP contribution in [0.5, 0.6) is 5.75 Å². The highest BCUT2D eigenvalue weighted by Crippen LogP contribution is 2.42. The van der Waals surface area contributed by atoms with Crippen LogP contribution in [0.1, 0.15) is 22.8 Å². The molecule has 5 rings (SSSR count). The number of hydrogen-bond acceptors (Lipinski definition) is 5. The summed E-state index contributed by atoms with van der Waals surface area (Å²) in [5, 5.41) is 5.03. The van der Waals surface area contributed by atoms with Crippen LogP contribution in [0.15, 0.2) is 77.3 Å². The minimum absolute atomic E-state index is 0. The van der Waals surface area contributed by atoms with Crippen molar-refractivity contribution in [3.63, 3.8) is 0 Å². The number of nitrogens with two attached hydrogens (primary N) is 1. The fourth-order valence-electron chi connectivity index (χ4n) is 5.48. The highest BCUT2D eigenvalue weighted by molar-refractivity contribution is 9.10. The van der Waals surface area contributed by atoms with Crippen molar-refractivity contribution in [2.75, 3.05) is 30.5 Å². The second-order valence-electron chi connectivity index (χ2n) is 10.4. The largest absolute Gasteiger partial charge is 0.496 e. The predicted molar refractivity (Wildman–Crippen MR) is 176 cm³/mol. The number of methoxy groups -OCH3 is 1. The van der Waals surface area contributed by atoms with Crippen molar-refractivity contribution in [1.29, 1.82) is 0 Å². The number of anilines is 2. The number of fused-ring (bicyclic) bond motifs is 2. The van der Waals surface area contributed by atoms with E-state index in [1.54, 1.807) is 25.3 Å². The van der Waals surface area contributed by atoms with Crippen LogP contribution in [-0.4, -0.2) is 44.0 Å². The second kappa shape index (κ2) is 13.1. The van der Waals surface area contributed by atoms with E-state index in [1.807, 2.05) is 30.3 Å². The highest BCUT2D eigenvalue weighted by Gasteiger charge is 2.49. The zero-order valence-corrected chi connectivity index (χ0v) is 27.2. The molecule has 4 aromatic rings. The van der Waals surface area contributed by atoms with Crippen molar-refractivity contribution in [3.05, 3.63) is 99.2 Å². The molecule has 230 valence electrons. The zero-order valence-electron chi connectivity index (χ0n) is 24.1. The first kappa shape index (κ1) is 33.2. The standard InChI is InChI=1S/C32H29BrClFN4O4.ClH/c1-32(37-2,31(36)42)24-17-39(29(40)18-7-10-20(35)11-8-18)27-15-19(34)9-13-26(27)38(30(24)41)16-23-21-5-4-6-25(33)22(21)12-14-28(23)43-3;/h4-15,24,37H,16-17H2,1-3H3,(H2,36,42);1H/t24-,32?;/m1./s1. The Bertz CT molecular complexity index is 1760. The summed E-state index contributed by atoms with van der Waals surface area (Å²) in [5.41, 5.74) is 5.98. The van der Waals surface area contributed by atoms with Crippen LogP contribution in [0, 0.1) is 11.7 Å². The van der Waals surface area contributed by atoms with Crippen molar-refractivity contribution in [1.82, 2.24) is 5.32 Å². The molecule has 0 fully saturated rings. The monoisotopic (exact) mass is 702 g/mol. The Morgan fingerprint density at radius 3 is 2.43 bits per heavy atom. The molecule has 0 bridgehead atoms. The molecule has 0 saturated heterocycles. The molecule has 3 amide bonds. The minimum atomic E-state index is -1.55. The first-order valence-corrected chi connectivity index (χ1v) is 14.6. The van der Waals surface area contributed by atoms with Crippen LogP contribution < -0.4 is 25.6 Å². The van der Waals surface area contributed by atoms with Crippen molar-refractivity contribution in [2.45, 2.75) is 19.0 Å². The van der Waals surface area contributed by atoms with E-state index in [0.29, 0.717) is 22.1 Å². The van der Waals surface area contributed by atoms with Crippen LogP contribution in [0.25, 0.3) is 10.8 Å². The summed E-state index contributed by atoms with van der Waals surface area (Å²) >= 11 is 10.1. The minimum Gasteiger partial charge on any atom is -0.496 e. The predicted octanol–water partition coefficient (Wildman–Crippen LogP) is 6.10. The molecule has 1 unspecified atom stereocenters. The third-order valence-electron chi connectivity index (χ3n) is 8.13. The third-order valence-corrected chi connectivity index (χ3v) is 9.05. The Morgan fingerprint density at radius 1 is 1.09 bits per heavy atom. The Morgan fingerprint density at radius 2 is 1.80 bits per heavy atom. The van der Waals surface area contributed by atoms with Gasteiger partial charge in [0.05, 0.1) is 30.9 Å². The van der Waals surface area contributed by atoms with Crippen LogP contribution in [0.4, 0.5) is 15.8 Å². The number of rotatable bonds is 7. The number of hydrogen-bond donors (Lipinski definition) is 2. The van der Waals surface area contributed by atoms with Gasteiger partial charge < -0.3 is 25.6 Å². The van der Waals surface area contributed by atoms with Gasteiger partial charge >= 0.3 is 0 Å². The number of nitrogens with one attached hydrogen (secondary N) is 1. The van der Waals surface area contributed by atoms with Crippen molar-refractivity contribution in [3.8, 4) is 5.75 Å². The molecule has 0 radical (unpaired) electrons. The molecule has 44 heavy (non-hydrogen) atoms. The number of likely N-dealkylation sites (N-methyl/N-ethyl adjacent to an activating group) is 1. The summed E-state index contributed by atoms with van der Waals surface area (Å²) in [4.78, 5) is 44.5. The van der Waals surface area contributed by atoms with Crippen molar-refractivity contribution < 1.29 is 23.5 Å². The summed E-state index contributed by atoms with van der Waals surface area (Å²) in [6, 6.07) is 19.5. The maximum atomic E-state index is 14.7. The van der Waals surface area contributed by atoms with E-state index >= 15 is 0 Å². The molecule has 0 aromatic heterocycles. The Labute approximate surface area is 273 Å². The number of ether oxygens (including phenoxy) is 1. The number of primary amides is 1. The number of carbonyl (C=O) groups excluding carboxylic acids is 3. The molecule has 2 atom stereocenters. The fourth-order valence-corrected chi connectivity index (χ4v) is 6.15. The van der Waals surface area contributed by atoms with Gasteiger partial charge in [0, 0.05) is 27.2 Å². The zero-order chi connectivity index (χ0) is 31.1. The van der Waals surface area contributed by atoms with Crippen LogP contribution in [0.3, 0.4) is 0 Å². The van der Waals surface area contributed by atoms with Gasteiger partial charge in [0.2, 0.25) is 11.8 Å². The topological polar surface area (TPSA) is 105 Å². The highest BCUT2D eigenvalue weighted by atomic mass is 79.9. The SMILES string of the molecule is CNC(C)(C(N)=O)[C@@H]1CN(C(=O)c2ccc(F)cc2)c2cc(Cl)ccc2N(Cc2c(OC)ccc3c(Br)cccc23)C1=O.Cl. The summed E-state index contributed by atoms with van der Waals surface area (Å²) in [7, 11) is 3.09. The van der Waals surface area contributed by atoms with Gasteiger partial charge in [-0.1, -0.05) is 39.7 Å². The number of halogens is 4. The molecular formula is C32H30BrCl2FN4O4. The fraction of sp³-hybridized carbons (Fsp3) is 0.219. The quantitative estimate of drug-likeness (QED) is 0.242. The molecule has 1 heterocycles. The van der Waals surface area contributed by atoms with Gasteiger partial charge in [0.1, 0.15) is 17.1 Å². The number of nitrogens with zero attached hydrogens (tertiary/aromatic N) is 2. The molecule has 4 aromatic carbocycles. The first-order valence-electron chi connectivity index (χ1n) is 13.4. The van der Waals surface area contributed by atoms with Gasteiger partial charge in [-0.05, 0) is 85.4 Å². The maximum Gasteiger partial charge on any atom is 0.258 e. The lowest BCUT2D eigenvalue weighted by Crippen LogP contribution is -2.63. The molecular weight excluding hydrogens is 674 g/mol. The summed E-state index contributed by atoms with van der Waals surface area (Å²) in [5.74, 6) is -2.78. The smallest absolute Gasteiger partial charge is 0.258 e. The average Bonchev–Trinajstić information content (AvgIpc) is 3.11. The average molecular weight is 704 g/mol. The van der Waals surface area contributed by atoms with Crippen molar-refractivity contribution >= 4 is 79.8 Å². The van der Waals surface area contributed by atoms with Crippen molar-refractivity contribution in [2.24, 2.45) is 11.7 Å². The van der Waals surface area contributed by atoms with E-state index in [-0.39, 0.29) is 31.1 Å². The number of amides is 3. The lowest BCUT2D eigenvalue weighted by Gasteiger charge is -2.36. The van der Waals surface area contributed by atoms with Gasteiger partial charge in [0.15, 0.2) is 0 Å². The second-order valence-corrected chi connectivity index (χ2v) is 11.7. The molecule has 12 heteroatoms. The van der Waals surface area contributed by atoms with Crippen LogP contribution in [0.2, 0.25) is 5.02 Å². The molecule has 0 saturated carbocycles. The molecule has 0 spiro atoms. The van der Waals surface area contributed by atoms with Crippen LogP contribution in [-0.2, 0) is 16.1 Å². The van der Waals surface area contributed by atoms with E-state index in [1.165, 1.54) is 48.0 Å². The molecule has 1 aliphatic heterocycles. The van der Waals surface area contributed by atoms with Gasteiger partial charge in [-0.2, -0.15) is 0 Å². The Kier molecular flexibility index (Phi) is 9.90. The maximum absolute atomic E-state index is 14.7. The number of benzene rings is 4. The Balaban J connectivity index is 0.00000442. The summed E-state index contributed by atoms with van der Waals surface area (Å²) in [6.45, 7) is 1.37. The van der Waals surface area contributed by atoms with Crippen LogP contribution >= 0.6 is 39.9 Å². The normalized spacial score (nSPS) is 16.0. The molecule has 1 aliphatic rings. The summed E-state index contributed by atoms with van der Waals surface area (Å²) < 4.78 is 20.3. The molecule has 3 N–H and O–H groups in total. The molecule has 8 nitrogen and oxygen atoms in total. The number of carbonyl (C=O) groups is 3. The van der Waals surface area contributed by atoms with Gasteiger partial charge in [-0.15, -0.1) is 12.4 Å². The van der Waals surface area contributed by atoms with E-state index in [9.17, 15) is 18.8 Å². The van der Waals surface area contributed by atoms with Gasteiger partial charge in [0.25, 0.3) is 5.91 Å². The molecule has 0 aliphatic carbocycles. The first-order chi connectivity index (χ1) is 20.5. The third kappa shape index (κ3) is 5.87. The van der Waals surface area contributed by atoms with E-state index in [2.05, 4.69) is 21.2 Å². The van der Waals surface area contributed by atoms with E-state index in [4.69, 9.17) is 22.1 Å². The lowest BCUT2D eigenvalue weighted by atomic mass is 9.83.